The highest BCUT2D eigenvalue weighted by Crippen LogP contribution is 2.21. The summed E-state index contributed by atoms with van der Waals surface area (Å²) in [6.07, 6.45) is 0.738. The highest BCUT2D eigenvalue weighted by molar-refractivity contribution is 7.98. The van der Waals surface area contributed by atoms with E-state index in [9.17, 15) is 4.79 Å². The summed E-state index contributed by atoms with van der Waals surface area (Å²) in [5.41, 5.74) is 1.85. The van der Waals surface area contributed by atoms with E-state index in [2.05, 4.69) is 20.3 Å². The van der Waals surface area contributed by atoms with Crippen LogP contribution >= 0.6 is 11.8 Å². The number of H-pyrrole nitrogens is 1. The van der Waals surface area contributed by atoms with Crippen molar-refractivity contribution in [3.63, 3.8) is 0 Å². The Morgan fingerprint density at radius 1 is 1.32 bits per heavy atom. The second kappa shape index (κ2) is 8.13. The molecule has 9 heteroatoms. The van der Waals surface area contributed by atoms with Crippen molar-refractivity contribution in [3.8, 4) is 11.4 Å². The van der Waals surface area contributed by atoms with Crippen LogP contribution in [0.5, 0.6) is 0 Å². The molecule has 0 saturated carbocycles. The van der Waals surface area contributed by atoms with Gasteiger partial charge in [-0.2, -0.15) is 4.98 Å². The van der Waals surface area contributed by atoms with Crippen LogP contribution in [0.4, 0.5) is 0 Å². The van der Waals surface area contributed by atoms with Gasteiger partial charge in [-0.15, -0.1) is 5.10 Å². The molecule has 2 heterocycles. The zero-order chi connectivity index (χ0) is 17.6. The Morgan fingerprint density at radius 2 is 2.12 bits per heavy atom. The number of aryl methyl sites for hydroxylation is 1. The number of nitrogens with zero attached hydrogens (tertiary/aromatic N) is 4. The van der Waals surface area contributed by atoms with E-state index < -0.39 is 0 Å². The van der Waals surface area contributed by atoms with E-state index in [1.165, 1.54) is 17.3 Å². The SMILES string of the molecule is COCCCn1c(SCc2nc(-c3ccc(C)cc3)no2)n[nH]c1=O. The molecule has 25 heavy (non-hydrogen) atoms. The summed E-state index contributed by atoms with van der Waals surface area (Å²) in [6, 6.07) is 7.92. The van der Waals surface area contributed by atoms with Crippen molar-refractivity contribution in [3.05, 3.63) is 46.2 Å². The van der Waals surface area contributed by atoms with Crippen LogP contribution in [-0.2, 0) is 17.0 Å². The molecule has 2 aromatic heterocycles. The minimum atomic E-state index is -0.232. The molecule has 0 amide bonds. The van der Waals surface area contributed by atoms with E-state index in [-0.39, 0.29) is 5.69 Å². The first-order chi connectivity index (χ1) is 12.2. The van der Waals surface area contributed by atoms with E-state index in [1.54, 1.807) is 11.7 Å². The number of hydrogen-bond donors (Lipinski definition) is 1. The lowest BCUT2D eigenvalue weighted by Crippen LogP contribution is -2.18. The lowest BCUT2D eigenvalue weighted by molar-refractivity contribution is 0.189. The topological polar surface area (TPSA) is 98.8 Å². The molecular formula is C16H19N5O3S. The van der Waals surface area contributed by atoms with Gasteiger partial charge < -0.3 is 9.26 Å². The summed E-state index contributed by atoms with van der Waals surface area (Å²) in [5.74, 6) is 1.47. The molecule has 0 atom stereocenters. The van der Waals surface area contributed by atoms with Crippen LogP contribution in [-0.4, -0.2) is 38.6 Å². The predicted molar refractivity (Wildman–Crippen MR) is 93.4 cm³/mol. The third-order valence-electron chi connectivity index (χ3n) is 3.56. The van der Waals surface area contributed by atoms with Gasteiger partial charge in [0.15, 0.2) is 5.16 Å². The van der Waals surface area contributed by atoms with Gasteiger partial charge >= 0.3 is 5.69 Å². The Morgan fingerprint density at radius 3 is 2.88 bits per heavy atom. The van der Waals surface area contributed by atoms with Gasteiger partial charge in [-0.25, -0.2) is 9.89 Å². The van der Waals surface area contributed by atoms with E-state index in [0.29, 0.717) is 35.8 Å². The molecule has 8 nitrogen and oxygen atoms in total. The summed E-state index contributed by atoms with van der Waals surface area (Å²) in [5, 5.41) is 11.1. The third-order valence-corrected chi connectivity index (χ3v) is 4.52. The maximum atomic E-state index is 11.8. The van der Waals surface area contributed by atoms with Gasteiger partial charge in [-0.3, -0.25) is 4.57 Å². The lowest BCUT2D eigenvalue weighted by Gasteiger charge is -2.03. The number of aromatic nitrogens is 5. The number of methoxy groups -OCH3 is 1. The second-order valence-electron chi connectivity index (χ2n) is 5.48. The Labute approximate surface area is 148 Å². The zero-order valence-electron chi connectivity index (χ0n) is 14.1. The van der Waals surface area contributed by atoms with Gasteiger partial charge in [-0.05, 0) is 13.3 Å². The molecule has 0 unspecified atom stereocenters. The molecule has 0 fully saturated rings. The third kappa shape index (κ3) is 4.37. The maximum absolute atomic E-state index is 11.8. The molecular weight excluding hydrogens is 342 g/mol. The lowest BCUT2D eigenvalue weighted by atomic mass is 10.1. The van der Waals surface area contributed by atoms with Crippen LogP contribution in [0.2, 0.25) is 0 Å². The van der Waals surface area contributed by atoms with Gasteiger partial charge in [0.05, 0.1) is 5.75 Å². The maximum Gasteiger partial charge on any atom is 0.343 e. The van der Waals surface area contributed by atoms with Crippen LogP contribution in [0.3, 0.4) is 0 Å². The highest BCUT2D eigenvalue weighted by Gasteiger charge is 2.13. The molecule has 132 valence electrons. The molecule has 0 aliphatic rings. The molecule has 0 saturated heterocycles. The number of benzene rings is 1. The molecule has 0 aliphatic heterocycles. The second-order valence-corrected chi connectivity index (χ2v) is 6.42. The first-order valence-electron chi connectivity index (χ1n) is 7.84. The largest absolute Gasteiger partial charge is 0.385 e. The Kier molecular flexibility index (Phi) is 5.67. The fourth-order valence-electron chi connectivity index (χ4n) is 2.24. The van der Waals surface area contributed by atoms with Crippen LogP contribution in [0.25, 0.3) is 11.4 Å². The summed E-state index contributed by atoms with van der Waals surface area (Å²) < 4.78 is 11.9. The van der Waals surface area contributed by atoms with E-state index >= 15 is 0 Å². The summed E-state index contributed by atoms with van der Waals surface area (Å²) in [7, 11) is 1.63. The number of ether oxygens (including phenoxy) is 1. The normalized spacial score (nSPS) is 11.1. The van der Waals surface area contributed by atoms with Crippen LogP contribution < -0.4 is 5.69 Å². The van der Waals surface area contributed by atoms with Crippen molar-refractivity contribution in [1.29, 1.82) is 0 Å². The number of hydrogen-bond acceptors (Lipinski definition) is 7. The van der Waals surface area contributed by atoms with E-state index in [4.69, 9.17) is 9.26 Å². The first-order valence-corrected chi connectivity index (χ1v) is 8.82. The van der Waals surface area contributed by atoms with Crippen molar-refractivity contribution in [2.75, 3.05) is 13.7 Å². The molecule has 0 aliphatic carbocycles. The fourth-order valence-corrected chi connectivity index (χ4v) is 3.05. The number of thioether (sulfide) groups is 1. The van der Waals surface area contributed by atoms with Gasteiger partial charge in [0.1, 0.15) is 0 Å². The standard InChI is InChI=1S/C16H19N5O3S/c1-11-4-6-12(7-5-11)14-17-13(24-20-14)10-25-16-19-18-15(22)21(16)8-3-9-23-2/h4-7H,3,8-10H2,1-2H3,(H,18,22). The molecule has 1 N–H and O–H groups in total. The van der Waals surface area contributed by atoms with Crippen molar-refractivity contribution < 1.29 is 9.26 Å². The predicted octanol–water partition coefficient (Wildman–Crippen LogP) is 2.26. The number of rotatable bonds is 8. The average molecular weight is 361 g/mol. The number of aromatic amines is 1. The zero-order valence-corrected chi connectivity index (χ0v) is 14.9. The highest BCUT2D eigenvalue weighted by atomic mass is 32.2. The molecule has 0 bridgehead atoms. The minimum absolute atomic E-state index is 0.232. The van der Waals surface area contributed by atoms with Gasteiger partial charge in [-0.1, -0.05) is 46.7 Å². The summed E-state index contributed by atoms with van der Waals surface area (Å²) in [4.78, 5) is 16.2. The summed E-state index contributed by atoms with van der Waals surface area (Å²) in [6.45, 7) is 3.16. The number of nitrogens with one attached hydrogen (secondary N) is 1. The van der Waals surface area contributed by atoms with Crippen molar-refractivity contribution >= 4 is 11.8 Å². The van der Waals surface area contributed by atoms with Crippen molar-refractivity contribution in [2.45, 2.75) is 30.8 Å². The Bertz CT molecular complexity index is 869. The fraction of sp³-hybridized carbons (Fsp3) is 0.375. The van der Waals surface area contributed by atoms with Crippen LogP contribution in [0, 0.1) is 6.92 Å². The van der Waals surface area contributed by atoms with Gasteiger partial charge in [0.2, 0.25) is 11.7 Å². The molecule has 0 radical (unpaired) electrons. The first kappa shape index (κ1) is 17.4. The minimum Gasteiger partial charge on any atom is -0.385 e. The quantitative estimate of drug-likeness (QED) is 0.485. The van der Waals surface area contributed by atoms with Gasteiger partial charge in [0.25, 0.3) is 0 Å². The Balaban J connectivity index is 1.65. The smallest absolute Gasteiger partial charge is 0.343 e. The summed E-state index contributed by atoms with van der Waals surface area (Å²) >= 11 is 1.37. The van der Waals surface area contributed by atoms with Crippen molar-refractivity contribution in [2.24, 2.45) is 0 Å². The average Bonchev–Trinajstić information content (AvgIpc) is 3.22. The van der Waals surface area contributed by atoms with Gasteiger partial charge in [0, 0.05) is 25.8 Å². The molecule has 1 aromatic carbocycles. The van der Waals surface area contributed by atoms with E-state index in [1.807, 2.05) is 31.2 Å². The molecule has 3 aromatic rings. The molecule has 3 rings (SSSR count). The molecule has 0 spiro atoms. The van der Waals surface area contributed by atoms with Crippen LogP contribution in [0.15, 0.2) is 38.7 Å². The monoisotopic (exact) mass is 361 g/mol. The van der Waals surface area contributed by atoms with Crippen LogP contribution in [0.1, 0.15) is 17.9 Å². The Hall–Kier alpha value is -2.39. The van der Waals surface area contributed by atoms with Crippen molar-refractivity contribution in [1.82, 2.24) is 24.9 Å². The van der Waals surface area contributed by atoms with E-state index in [0.717, 1.165) is 12.0 Å².